The summed E-state index contributed by atoms with van der Waals surface area (Å²) in [5, 5.41) is 17.8. The fourth-order valence-corrected chi connectivity index (χ4v) is 2.98. The van der Waals surface area contributed by atoms with Gasteiger partial charge in [-0.2, -0.15) is 4.31 Å². The molecule has 0 bridgehead atoms. The van der Waals surface area contributed by atoms with E-state index in [0.717, 1.165) is 4.31 Å². The molecule has 0 aromatic heterocycles. The van der Waals surface area contributed by atoms with Crippen molar-refractivity contribution in [3.05, 3.63) is 23.8 Å². The van der Waals surface area contributed by atoms with Crippen molar-refractivity contribution in [3.8, 4) is 17.6 Å². The van der Waals surface area contributed by atoms with E-state index in [0.29, 0.717) is 11.3 Å². The summed E-state index contributed by atoms with van der Waals surface area (Å²) >= 11 is 0. The summed E-state index contributed by atoms with van der Waals surface area (Å²) < 4.78 is 31.1. The Balaban J connectivity index is 3.31. The molecule has 2 N–H and O–H groups in total. The van der Waals surface area contributed by atoms with Crippen molar-refractivity contribution in [2.24, 2.45) is 0 Å². The molecule has 6 nitrogen and oxygen atoms in total. The molecule has 1 unspecified atom stereocenters. The normalized spacial score (nSPS) is 12.7. The number of likely N-dealkylation sites (N-methyl/N-ethyl adjacent to an activating group) is 1. The lowest BCUT2D eigenvalue weighted by molar-refractivity contribution is 0.214. The van der Waals surface area contributed by atoms with Crippen molar-refractivity contribution < 1.29 is 23.4 Å². The van der Waals surface area contributed by atoms with Gasteiger partial charge >= 0.3 is 0 Å². The van der Waals surface area contributed by atoms with Crippen molar-refractivity contribution in [3.63, 3.8) is 0 Å². The van der Waals surface area contributed by atoms with E-state index in [9.17, 15) is 8.42 Å². The highest BCUT2D eigenvalue weighted by Gasteiger charge is 2.25. The van der Waals surface area contributed by atoms with Crippen molar-refractivity contribution in [1.82, 2.24) is 4.31 Å². The molecule has 0 aliphatic rings. The maximum Gasteiger partial charge on any atom is 0.243 e. The van der Waals surface area contributed by atoms with Gasteiger partial charge < -0.3 is 14.9 Å². The Labute approximate surface area is 125 Å². The van der Waals surface area contributed by atoms with E-state index in [1.54, 1.807) is 6.92 Å². The van der Waals surface area contributed by atoms with Crippen LogP contribution >= 0.6 is 0 Å². The fourth-order valence-electron chi connectivity index (χ4n) is 1.60. The van der Waals surface area contributed by atoms with Crippen LogP contribution in [0.2, 0.25) is 0 Å². The van der Waals surface area contributed by atoms with Gasteiger partial charge in [0.05, 0.1) is 24.2 Å². The van der Waals surface area contributed by atoms with Gasteiger partial charge in [-0.3, -0.25) is 0 Å². The maximum absolute atomic E-state index is 12.4. The highest BCUT2D eigenvalue weighted by molar-refractivity contribution is 7.89. The summed E-state index contributed by atoms with van der Waals surface area (Å²) in [5.41, 5.74) is 0.373. The molecule has 0 amide bonds. The minimum atomic E-state index is -3.74. The van der Waals surface area contributed by atoms with Crippen LogP contribution in [0.1, 0.15) is 12.5 Å². The Bertz CT molecular complexity index is 645. The van der Waals surface area contributed by atoms with Crippen LogP contribution in [0.3, 0.4) is 0 Å². The first-order valence-electron chi connectivity index (χ1n) is 6.25. The molecule has 0 fully saturated rings. The van der Waals surface area contributed by atoms with Crippen LogP contribution < -0.4 is 4.74 Å². The summed E-state index contributed by atoms with van der Waals surface area (Å²) in [6.07, 6.45) is 0. The van der Waals surface area contributed by atoms with Gasteiger partial charge in [-0.1, -0.05) is 11.8 Å². The first-order valence-corrected chi connectivity index (χ1v) is 7.69. The summed E-state index contributed by atoms with van der Waals surface area (Å²) in [4.78, 5) is 0.0494. The SMILES string of the molecule is COc1ccc(S(=O)(=O)N(C)C(C)CO)cc1C#CCO. The monoisotopic (exact) mass is 313 g/mol. The molecule has 0 saturated carbocycles. The number of hydrogen-bond donors (Lipinski definition) is 2. The Kier molecular flexibility index (Phi) is 6.18. The third-order valence-corrected chi connectivity index (χ3v) is 5.00. The molecule has 1 rings (SSSR count). The maximum atomic E-state index is 12.4. The number of benzene rings is 1. The number of nitrogens with zero attached hydrogens (tertiary/aromatic N) is 1. The third-order valence-electron chi connectivity index (χ3n) is 3.03. The van der Waals surface area contributed by atoms with Crippen LogP contribution in [-0.2, 0) is 10.0 Å². The second kappa shape index (κ2) is 7.43. The van der Waals surface area contributed by atoms with Crippen LogP contribution in [0.5, 0.6) is 5.75 Å². The Hall–Kier alpha value is -1.59. The highest BCUT2D eigenvalue weighted by Crippen LogP contribution is 2.24. The van der Waals surface area contributed by atoms with E-state index in [1.807, 2.05) is 0 Å². The topological polar surface area (TPSA) is 87.1 Å². The minimum Gasteiger partial charge on any atom is -0.495 e. The molecule has 1 aromatic rings. The number of sulfonamides is 1. The van der Waals surface area contributed by atoms with Crippen molar-refractivity contribution in [1.29, 1.82) is 0 Å². The van der Waals surface area contributed by atoms with E-state index in [-0.39, 0.29) is 18.1 Å². The van der Waals surface area contributed by atoms with E-state index in [1.165, 1.54) is 32.4 Å². The van der Waals surface area contributed by atoms with Gasteiger partial charge in [0.15, 0.2) is 0 Å². The number of hydrogen-bond acceptors (Lipinski definition) is 5. The van der Waals surface area contributed by atoms with E-state index in [2.05, 4.69) is 11.8 Å². The van der Waals surface area contributed by atoms with Crippen LogP contribution in [-0.4, -0.2) is 56.3 Å². The number of rotatable bonds is 5. The second-order valence-corrected chi connectivity index (χ2v) is 6.37. The molecule has 0 spiro atoms. The first-order chi connectivity index (χ1) is 9.88. The van der Waals surface area contributed by atoms with E-state index in [4.69, 9.17) is 14.9 Å². The minimum absolute atomic E-state index is 0.0494. The smallest absolute Gasteiger partial charge is 0.243 e. The molecule has 0 aliphatic heterocycles. The molecule has 7 heteroatoms. The predicted octanol–water partition coefficient (Wildman–Crippen LogP) is 0.0403. The van der Waals surface area contributed by atoms with E-state index >= 15 is 0 Å². The zero-order chi connectivity index (χ0) is 16.0. The molecule has 1 atom stereocenters. The number of methoxy groups -OCH3 is 1. The number of aliphatic hydroxyl groups is 2. The Morgan fingerprint density at radius 3 is 2.57 bits per heavy atom. The second-order valence-electron chi connectivity index (χ2n) is 4.37. The molecule has 0 heterocycles. The molecule has 0 saturated heterocycles. The van der Waals surface area contributed by atoms with Crippen LogP contribution in [0, 0.1) is 11.8 Å². The molecule has 116 valence electrons. The number of aliphatic hydroxyl groups excluding tert-OH is 2. The summed E-state index contributed by atoms with van der Waals surface area (Å²) in [5.74, 6) is 5.53. The van der Waals surface area contributed by atoms with Gasteiger partial charge in [0.2, 0.25) is 10.0 Å². The molecular weight excluding hydrogens is 294 g/mol. The predicted molar refractivity (Wildman–Crippen MR) is 78.5 cm³/mol. The van der Waals surface area contributed by atoms with Crippen molar-refractivity contribution >= 4 is 10.0 Å². The average molecular weight is 313 g/mol. The summed E-state index contributed by atoms with van der Waals surface area (Å²) in [6.45, 7) is 0.998. The van der Waals surface area contributed by atoms with Crippen LogP contribution in [0.25, 0.3) is 0 Å². The fraction of sp³-hybridized carbons (Fsp3) is 0.429. The zero-order valence-corrected chi connectivity index (χ0v) is 13.0. The molecule has 0 radical (unpaired) electrons. The van der Waals surface area contributed by atoms with Gasteiger partial charge in [-0.05, 0) is 25.1 Å². The van der Waals surface area contributed by atoms with Gasteiger partial charge in [-0.15, -0.1) is 0 Å². The highest BCUT2D eigenvalue weighted by atomic mass is 32.2. The Morgan fingerprint density at radius 1 is 1.38 bits per heavy atom. The summed E-state index contributed by atoms with van der Waals surface area (Å²) in [7, 11) is -0.881. The van der Waals surface area contributed by atoms with Gasteiger partial charge in [0, 0.05) is 13.1 Å². The van der Waals surface area contributed by atoms with E-state index < -0.39 is 16.1 Å². The average Bonchev–Trinajstić information content (AvgIpc) is 2.50. The standard InChI is InChI=1S/C14H19NO5S/c1-11(10-17)15(2)21(18,19)13-6-7-14(20-3)12(9-13)5-4-8-16/h6-7,9,11,16-17H,8,10H2,1-3H3. The van der Waals surface area contributed by atoms with Crippen LogP contribution in [0.15, 0.2) is 23.1 Å². The quantitative estimate of drug-likeness (QED) is 0.750. The third kappa shape index (κ3) is 3.95. The lowest BCUT2D eigenvalue weighted by atomic mass is 10.2. The zero-order valence-electron chi connectivity index (χ0n) is 12.2. The number of ether oxygens (including phenoxy) is 1. The molecule has 1 aromatic carbocycles. The largest absolute Gasteiger partial charge is 0.495 e. The van der Waals surface area contributed by atoms with Gasteiger partial charge in [-0.25, -0.2) is 8.42 Å². The molecular formula is C14H19NO5S. The first kappa shape index (κ1) is 17.5. The van der Waals surface area contributed by atoms with Gasteiger partial charge in [0.1, 0.15) is 12.4 Å². The molecule has 21 heavy (non-hydrogen) atoms. The summed E-state index contributed by atoms with van der Waals surface area (Å²) in [6, 6.07) is 3.77. The van der Waals surface area contributed by atoms with Crippen LogP contribution in [0.4, 0.5) is 0 Å². The van der Waals surface area contributed by atoms with Crippen molar-refractivity contribution in [2.45, 2.75) is 17.9 Å². The lowest BCUT2D eigenvalue weighted by Crippen LogP contribution is -2.37. The lowest BCUT2D eigenvalue weighted by Gasteiger charge is -2.22. The van der Waals surface area contributed by atoms with Crippen molar-refractivity contribution in [2.75, 3.05) is 27.4 Å². The van der Waals surface area contributed by atoms with Gasteiger partial charge in [0.25, 0.3) is 0 Å². The molecule has 0 aliphatic carbocycles. The Morgan fingerprint density at radius 2 is 2.05 bits per heavy atom.